The molecule has 1 atom stereocenters. The van der Waals surface area contributed by atoms with Crippen LogP contribution in [0.1, 0.15) is 297 Å². The Hall–Kier alpha value is -2.63. The molecule has 1 unspecified atom stereocenters. The number of unbranched alkanes of at least 4 members (excludes halogenated alkanes) is 33. The molecule has 384 valence electrons. The van der Waals surface area contributed by atoms with Crippen LogP contribution in [-0.2, 0) is 28.6 Å². The van der Waals surface area contributed by atoms with Gasteiger partial charge >= 0.3 is 17.9 Å². The van der Waals surface area contributed by atoms with E-state index in [1.54, 1.807) is 0 Å². The molecule has 0 amide bonds. The van der Waals surface area contributed by atoms with E-state index in [1.807, 2.05) is 0 Å². The van der Waals surface area contributed by atoms with Crippen molar-refractivity contribution in [3.05, 3.63) is 48.6 Å². The molecule has 0 aliphatic carbocycles. The second kappa shape index (κ2) is 55.0. The van der Waals surface area contributed by atoms with Crippen molar-refractivity contribution in [1.29, 1.82) is 0 Å². The SMILES string of the molecule is CC/C=C\C/C=C\C/C=C\C/C=C\CCCCC(=O)OC(COC(=O)CCCCCCCCC)COC(=O)CCCCCCCCCCCCCCCCCCCCCCCCCCCC. The number of rotatable bonds is 52. The Balaban J connectivity index is 4.11. The van der Waals surface area contributed by atoms with Gasteiger partial charge in [0, 0.05) is 19.3 Å². The van der Waals surface area contributed by atoms with Crippen LogP contribution in [0.5, 0.6) is 0 Å². The van der Waals surface area contributed by atoms with Crippen molar-refractivity contribution in [1.82, 2.24) is 0 Å². The minimum Gasteiger partial charge on any atom is -0.462 e. The highest BCUT2D eigenvalue weighted by Crippen LogP contribution is 2.17. The first kappa shape index (κ1) is 63.4. The van der Waals surface area contributed by atoms with Crippen LogP contribution in [0.2, 0.25) is 0 Å². The molecule has 6 nitrogen and oxygen atoms in total. The molecule has 0 aromatic rings. The Labute approximate surface area is 409 Å². The lowest BCUT2D eigenvalue weighted by atomic mass is 10.0. The Morgan fingerprint density at radius 3 is 0.924 bits per heavy atom. The van der Waals surface area contributed by atoms with Gasteiger partial charge in [-0.05, 0) is 57.8 Å². The van der Waals surface area contributed by atoms with Crippen LogP contribution in [0.4, 0.5) is 0 Å². The van der Waals surface area contributed by atoms with Gasteiger partial charge in [0.05, 0.1) is 0 Å². The van der Waals surface area contributed by atoms with E-state index in [0.29, 0.717) is 19.3 Å². The van der Waals surface area contributed by atoms with Crippen LogP contribution in [0.3, 0.4) is 0 Å². The summed E-state index contributed by atoms with van der Waals surface area (Å²) < 4.78 is 16.7. The number of ether oxygens (including phenoxy) is 3. The van der Waals surface area contributed by atoms with Crippen molar-refractivity contribution in [3.8, 4) is 0 Å². The molecule has 66 heavy (non-hydrogen) atoms. The van der Waals surface area contributed by atoms with Crippen molar-refractivity contribution in [2.24, 2.45) is 0 Å². The largest absolute Gasteiger partial charge is 0.462 e. The van der Waals surface area contributed by atoms with Crippen LogP contribution in [0.25, 0.3) is 0 Å². The van der Waals surface area contributed by atoms with Crippen LogP contribution in [0.15, 0.2) is 48.6 Å². The van der Waals surface area contributed by atoms with Gasteiger partial charge in [0.15, 0.2) is 6.10 Å². The van der Waals surface area contributed by atoms with Gasteiger partial charge in [-0.25, -0.2) is 0 Å². The topological polar surface area (TPSA) is 78.9 Å². The third kappa shape index (κ3) is 52.3. The highest BCUT2D eigenvalue weighted by Gasteiger charge is 2.19. The molecule has 0 aromatic heterocycles. The molecule has 0 aliphatic heterocycles. The number of allylic oxidation sites excluding steroid dienone is 8. The third-order valence-corrected chi connectivity index (χ3v) is 12.6. The maximum atomic E-state index is 12.8. The molecule has 0 heterocycles. The van der Waals surface area contributed by atoms with Crippen LogP contribution >= 0.6 is 0 Å². The Kier molecular flexibility index (Phi) is 52.8. The average molecular weight is 926 g/mol. The van der Waals surface area contributed by atoms with E-state index in [9.17, 15) is 14.4 Å². The van der Waals surface area contributed by atoms with E-state index in [-0.39, 0.29) is 37.5 Å². The fraction of sp³-hybridized carbons (Fsp3) is 0.817. The first-order valence-corrected chi connectivity index (χ1v) is 28.6. The summed E-state index contributed by atoms with van der Waals surface area (Å²) in [5.41, 5.74) is 0. The van der Waals surface area contributed by atoms with Crippen molar-refractivity contribution >= 4 is 17.9 Å². The lowest BCUT2D eigenvalue weighted by Gasteiger charge is -2.18. The van der Waals surface area contributed by atoms with Gasteiger partial charge in [-0.2, -0.15) is 0 Å². The maximum Gasteiger partial charge on any atom is 0.306 e. The molecular formula is C60H108O6. The minimum atomic E-state index is -0.789. The molecule has 0 radical (unpaired) electrons. The molecular weight excluding hydrogens is 817 g/mol. The molecule has 0 aromatic carbocycles. The molecule has 0 bridgehead atoms. The van der Waals surface area contributed by atoms with E-state index in [1.165, 1.54) is 173 Å². The summed E-state index contributed by atoms with van der Waals surface area (Å²) in [7, 11) is 0. The molecule has 0 fully saturated rings. The summed E-state index contributed by atoms with van der Waals surface area (Å²) in [5, 5.41) is 0. The first-order valence-electron chi connectivity index (χ1n) is 28.6. The number of hydrogen-bond acceptors (Lipinski definition) is 6. The smallest absolute Gasteiger partial charge is 0.306 e. The fourth-order valence-corrected chi connectivity index (χ4v) is 8.32. The van der Waals surface area contributed by atoms with Crippen molar-refractivity contribution in [2.75, 3.05) is 13.2 Å². The Morgan fingerprint density at radius 1 is 0.318 bits per heavy atom. The van der Waals surface area contributed by atoms with Gasteiger partial charge in [0.2, 0.25) is 0 Å². The summed E-state index contributed by atoms with van der Waals surface area (Å²) in [6.45, 7) is 6.48. The molecule has 0 N–H and O–H groups in total. The molecule has 0 saturated carbocycles. The van der Waals surface area contributed by atoms with Crippen LogP contribution in [-0.4, -0.2) is 37.2 Å². The normalized spacial score (nSPS) is 12.3. The molecule has 0 aliphatic rings. The average Bonchev–Trinajstić information content (AvgIpc) is 3.31. The van der Waals surface area contributed by atoms with E-state index < -0.39 is 6.10 Å². The van der Waals surface area contributed by atoms with E-state index >= 15 is 0 Å². The second-order valence-corrected chi connectivity index (χ2v) is 19.2. The van der Waals surface area contributed by atoms with E-state index in [2.05, 4.69) is 69.4 Å². The quantitative estimate of drug-likeness (QED) is 0.0262. The Morgan fingerprint density at radius 2 is 0.591 bits per heavy atom. The van der Waals surface area contributed by atoms with Gasteiger partial charge in [0.1, 0.15) is 13.2 Å². The van der Waals surface area contributed by atoms with Crippen molar-refractivity contribution < 1.29 is 28.6 Å². The van der Waals surface area contributed by atoms with Crippen LogP contribution < -0.4 is 0 Å². The van der Waals surface area contributed by atoms with Gasteiger partial charge < -0.3 is 14.2 Å². The monoisotopic (exact) mass is 925 g/mol. The minimum absolute atomic E-state index is 0.0866. The summed E-state index contributed by atoms with van der Waals surface area (Å²) in [5.74, 6) is -0.924. The second-order valence-electron chi connectivity index (χ2n) is 19.2. The molecule has 0 rings (SSSR count). The Bertz CT molecular complexity index is 1150. The predicted octanol–water partition coefficient (Wildman–Crippen LogP) is 19.0. The van der Waals surface area contributed by atoms with Gasteiger partial charge in [-0.3, -0.25) is 14.4 Å². The third-order valence-electron chi connectivity index (χ3n) is 12.6. The number of carbonyl (C=O) groups excluding carboxylic acids is 3. The molecule has 6 heteroatoms. The lowest BCUT2D eigenvalue weighted by Crippen LogP contribution is -2.30. The van der Waals surface area contributed by atoms with Gasteiger partial charge in [-0.15, -0.1) is 0 Å². The van der Waals surface area contributed by atoms with E-state index in [0.717, 1.165) is 77.0 Å². The molecule has 0 spiro atoms. The first-order chi connectivity index (χ1) is 32.5. The van der Waals surface area contributed by atoms with Crippen molar-refractivity contribution in [3.63, 3.8) is 0 Å². The summed E-state index contributed by atoms with van der Waals surface area (Å²) in [4.78, 5) is 37.9. The standard InChI is InChI=1S/C60H108O6/c1-4-7-10-13-16-18-20-22-24-25-26-27-28-29-30-31-32-33-34-36-37-39-41-44-47-50-53-59(62)65-56-57(55-64-58(61)52-49-46-43-15-12-9-6-3)66-60(63)54-51-48-45-42-40-38-35-23-21-19-17-14-11-8-5-2/h8,11,17,19,23,35,40,42,57H,4-7,9-10,12-16,18,20-22,24-34,36-39,41,43-56H2,1-3H3/b11-8-,19-17-,35-23-,42-40-. The maximum absolute atomic E-state index is 12.8. The van der Waals surface area contributed by atoms with Gasteiger partial charge in [0.25, 0.3) is 0 Å². The molecule has 0 saturated heterocycles. The summed E-state index contributed by atoms with van der Waals surface area (Å²) in [6.07, 6.45) is 67.2. The number of hydrogen-bond donors (Lipinski definition) is 0. The van der Waals surface area contributed by atoms with Crippen LogP contribution in [0, 0.1) is 0 Å². The highest BCUT2D eigenvalue weighted by atomic mass is 16.6. The summed E-state index contributed by atoms with van der Waals surface area (Å²) >= 11 is 0. The zero-order valence-corrected chi connectivity index (χ0v) is 44.0. The zero-order valence-electron chi connectivity index (χ0n) is 44.0. The highest BCUT2D eigenvalue weighted by molar-refractivity contribution is 5.71. The van der Waals surface area contributed by atoms with Crippen molar-refractivity contribution in [2.45, 2.75) is 303 Å². The lowest BCUT2D eigenvalue weighted by molar-refractivity contribution is -0.167. The predicted molar refractivity (Wildman–Crippen MR) is 284 cm³/mol. The fourth-order valence-electron chi connectivity index (χ4n) is 8.32. The van der Waals surface area contributed by atoms with Gasteiger partial charge in [-0.1, -0.05) is 268 Å². The van der Waals surface area contributed by atoms with E-state index in [4.69, 9.17) is 14.2 Å². The number of carbonyl (C=O) groups is 3. The zero-order chi connectivity index (χ0) is 47.9. The number of esters is 3. The summed E-state index contributed by atoms with van der Waals surface area (Å²) in [6, 6.07) is 0.